The SMILES string of the molecule is CC1=C(C(=O)OC2CCCC2)C(c2cccc[nH+]2)C2=C(CC(c3ccccc3)CC2=O)N1. The number of aromatic amines is 1. The number of rotatable bonds is 4. The highest BCUT2D eigenvalue weighted by molar-refractivity contribution is 6.04. The van der Waals surface area contributed by atoms with Crippen molar-refractivity contribution in [3.63, 3.8) is 0 Å². The molecule has 1 fully saturated rings. The molecule has 1 aromatic carbocycles. The van der Waals surface area contributed by atoms with Crippen molar-refractivity contribution in [2.24, 2.45) is 0 Å². The van der Waals surface area contributed by atoms with Crippen LogP contribution < -0.4 is 10.3 Å². The third-order valence-corrected chi connectivity index (χ3v) is 6.94. The molecule has 0 amide bonds. The van der Waals surface area contributed by atoms with Gasteiger partial charge >= 0.3 is 5.97 Å². The van der Waals surface area contributed by atoms with E-state index in [4.69, 9.17) is 4.74 Å². The van der Waals surface area contributed by atoms with E-state index in [-0.39, 0.29) is 23.8 Å². The summed E-state index contributed by atoms with van der Waals surface area (Å²) in [6.07, 6.45) is 7.03. The minimum absolute atomic E-state index is 0.0249. The number of pyridine rings is 1. The van der Waals surface area contributed by atoms with Gasteiger partial charge in [-0.3, -0.25) is 4.79 Å². The Morgan fingerprint density at radius 2 is 1.78 bits per heavy atom. The summed E-state index contributed by atoms with van der Waals surface area (Å²) in [4.78, 5) is 30.2. The number of Topliss-reactive ketones (excluding diaryl/α,β-unsaturated/α-hetero) is 1. The standard InChI is InChI=1S/C27H28N2O3/c1-17-24(27(31)32-20-11-5-6-12-20)26(21-13-7-8-14-28-21)25-22(29-17)15-19(16-23(25)30)18-9-3-2-4-10-18/h2-4,7-10,13-14,19-20,26,29H,5-6,11-12,15-16H2,1H3/p+1. The molecule has 3 aliphatic rings. The number of hydrogen-bond donors (Lipinski definition) is 1. The molecule has 2 heterocycles. The van der Waals surface area contributed by atoms with Crippen LogP contribution in [0.4, 0.5) is 0 Å². The Balaban J connectivity index is 1.53. The van der Waals surface area contributed by atoms with Crippen LogP contribution in [0.15, 0.2) is 77.3 Å². The van der Waals surface area contributed by atoms with E-state index in [2.05, 4.69) is 22.4 Å². The van der Waals surface area contributed by atoms with E-state index >= 15 is 0 Å². The van der Waals surface area contributed by atoms with Gasteiger partial charge in [-0.05, 0) is 50.5 Å². The van der Waals surface area contributed by atoms with Gasteiger partial charge in [-0.1, -0.05) is 36.4 Å². The van der Waals surface area contributed by atoms with Gasteiger partial charge in [0.25, 0.3) is 0 Å². The van der Waals surface area contributed by atoms with Crippen LogP contribution in [-0.2, 0) is 14.3 Å². The molecule has 164 valence electrons. The number of allylic oxidation sites excluding steroid dienone is 3. The van der Waals surface area contributed by atoms with Crippen LogP contribution in [0, 0.1) is 0 Å². The molecule has 5 rings (SSSR count). The second-order valence-electron chi connectivity index (χ2n) is 9.06. The molecule has 5 heteroatoms. The van der Waals surface area contributed by atoms with Crippen molar-refractivity contribution in [1.82, 2.24) is 5.32 Å². The fraction of sp³-hybridized carbons (Fsp3) is 0.370. The zero-order valence-corrected chi connectivity index (χ0v) is 18.4. The molecule has 2 atom stereocenters. The number of dihydropyridines is 1. The van der Waals surface area contributed by atoms with Crippen LogP contribution in [0.25, 0.3) is 0 Å². The number of carbonyl (C=O) groups excluding carboxylic acids is 2. The summed E-state index contributed by atoms with van der Waals surface area (Å²) in [5.74, 6) is -0.525. The highest BCUT2D eigenvalue weighted by atomic mass is 16.5. The van der Waals surface area contributed by atoms with Crippen molar-refractivity contribution in [3.8, 4) is 0 Å². The van der Waals surface area contributed by atoms with Crippen molar-refractivity contribution in [2.75, 3.05) is 0 Å². The van der Waals surface area contributed by atoms with E-state index in [1.807, 2.05) is 49.5 Å². The molecule has 0 radical (unpaired) electrons. The minimum atomic E-state index is -0.439. The Morgan fingerprint density at radius 3 is 2.50 bits per heavy atom. The van der Waals surface area contributed by atoms with Crippen LogP contribution in [0.5, 0.6) is 0 Å². The van der Waals surface area contributed by atoms with Crippen LogP contribution in [0.2, 0.25) is 0 Å². The summed E-state index contributed by atoms with van der Waals surface area (Å²) in [7, 11) is 0. The summed E-state index contributed by atoms with van der Waals surface area (Å²) >= 11 is 0. The Hall–Kier alpha value is -3.21. The molecule has 1 aliphatic heterocycles. The average molecular weight is 430 g/mol. The van der Waals surface area contributed by atoms with E-state index in [1.165, 1.54) is 5.56 Å². The lowest BCUT2D eigenvalue weighted by Gasteiger charge is -2.35. The first kappa shape index (κ1) is 20.7. The fourth-order valence-electron chi connectivity index (χ4n) is 5.39. The summed E-state index contributed by atoms with van der Waals surface area (Å²) in [5, 5.41) is 3.43. The van der Waals surface area contributed by atoms with Gasteiger partial charge in [-0.2, -0.15) is 0 Å². The Kier molecular flexibility index (Phi) is 5.64. The molecule has 1 aromatic heterocycles. The first-order valence-electron chi connectivity index (χ1n) is 11.6. The molecule has 0 bridgehead atoms. The van der Waals surface area contributed by atoms with Crippen molar-refractivity contribution < 1.29 is 19.3 Å². The number of benzene rings is 1. The number of esters is 1. The number of hydrogen-bond acceptors (Lipinski definition) is 4. The number of carbonyl (C=O) groups is 2. The van der Waals surface area contributed by atoms with Gasteiger partial charge in [0.1, 0.15) is 12.0 Å². The van der Waals surface area contributed by atoms with Gasteiger partial charge < -0.3 is 10.1 Å². The highest BCUT2D eigenvalue weighted by Crippen LogP contribution is 2.45. The third-order valence-electron chi connectivity index (χ3n) is 6.94. The molecular weight excluding hydrogens is 400 g/mol. The van der Waals surface area contributed by atoms with E-state index in [1.54, 1.807) is 0 Å². The Morgan fingerprint density at radius 1 is 1.03 bits per heavy atom. The molecule has 2 aliphatic carbocycles. The molecular formula is C27H29N2O3+. The predicted octanol–water partition coefficient (Wildman–Crippen LogP) is 4.35. The largest absolute Gasteiger partial charge is 0.459 e. The van der Waals surface area contributed by atoms with Crippen LogP contribution in [0.3, 0.4) is 0 Å². The first-order valence-corrected chi connectivity index (χ1v) is 11.6. The Bertz CT molecular complexity index is 1080. The molecule has 2 unspecified atom stereocenters. The first-order chi connectivity index (χ1) is 15.6. The Labute approximate surface area is 188 Å². The second-order valence-corrected chi connectivity index (χ2v) is 9.06. The highest BCUT2D eigenvalue weighted by Gasteiger charge is 2.44. The van der Waals surface area contributed by atoms with Gasteiger partial charge in [0.2, 0.25) is 0 Å². The average Bonchev–Trinajstić information content (AvgIpc) is 3.32. The predicted molar refractivity (Wildman–Crippen MR) is 120 cm³/mol. The van der Waals surface area contributed by atoms with Crippen molar-refractivity contribution in [1.29, 1.82) is 0 Å². The molecule has 5 nitrogen and oxygen atoms in total. The van der Waals surface area contributed by atoms with Gasteiger partial charge in [0, 0.05) is 35.5 Å². The summed E-state index contributed by atoms with van der Waals surface area (Å²) in [6, 6.07) is 16.0. The van der Waals surface area contributed by atoms with E-state index in [0.29, 0.717) is 17.6 Å². The lowest BCUT2D eigenvalue weighted by molar-refractivity contribution is -0.391. The van der Waals surface area contributed by atoms with Crippen LogP contribution in [-0.4, -0.2) is 17.9 Å². The smallest absolute Gasteiger partial charge is 0.337 e. The summed E-state index contributed by atoms with van der Waals surface area (Å²) in [6.45, 7) is 1.92. The molecule has 0 saturated heterocycles. The van der Waals surface area contributed by atoms with Crippen molar-refractivity contribution >= 4 is 11.8 Å². The quantitative estimate of drug-likeness (QED) is 0.734. The number of ether oxygens (including phenoxy) is 1. The summed E-state index contributed by atoms with van der Waals surface area (Å²) in [5.41, 5.74) is 4.95. The maximum Gasteiger partial charge on any atom is 0.337 e. The number of aromatic nitrogens is 1. The monoisotopic (exact) mass is 429 g/mol. The zero-order chi connectivity index (χ0) is 22.1. The summed E-state index contributed by atoms with van der Waals surface area (Å²) < 4.78 is 5.89. The van der Waals surface area contributed by atoms with Gasteiger partial charge in [0.15, 0.2) is 17.7 Å². The third kappa shape index (κ3) is 3.88. The normalized spacial score (nSPS) is 23.7. The zero-order valence-electron chi connectivity index (χ0n) is 18.4. The lowest BCUT2D eigenvalue weighted by Crippen LogP contribution is -2.38. The van der Waals surface area contributed by atoms with Gasteiger partial charge in [-0.25, -0.2) is 9.78 Å². The lowest BCUT2D eigenvalue weighted by atomic mass is 9.73. The number of ketones is 1. The van der Waals surface area contributed by atoms with E-state index in [0.717, 1.165) is 49.2 Å². The maximum atomic E-state index is 13.5. The fourth-order valence-corrected chi connectivity index (χ4v) is 5.39. The van der Waals surface area contributed by atoms with Gasteiger partial charge in [-0.15, -0.1) is 0 Å². The maximum absolute atomic E-state index is 13.5. The topological polar surface area (TPSA) is 69.5 Å². The van der Waals surface area contributed by atoms with Crippen LogP contribution in [0.1, 0.15) is 68.5 Å². The van der Waals surface area contributed by atoms with Crippen molar-refractivity contribution in [2.45, 2.75) is 63.4 Å². The second kappa shape index (κ2) is 8.73. The van der Waals surface area contributed by atoms with Crippen LogP contribution >= 0.6 is 0 Å². The van der Waals surface area contributed by atoms with E-state index in [9.17, 15) is 9.59 Å². The van der Waals surface area contributed by atoms with Gasteiger partial charge in [0.05, 0.1) is 5.57 Å². The van der Waals surface area contributed by atoms with Crippen molar-refractivity contribution in [3.05, 3.63) is 88.5 Å². The molecule has 0 spiro atoms. The number of nitrogens with one attached hydrogen (secondary N) is 2. The molecule has 2 aromatic rings. The molecule has 1 saturated carbocycles. The molecule has 2 N–H and O–H groups in total. The van der Waals surface area contributed by atoms with E-state index < -0.39 is 5.92 Å². The minimum Gasteiger partial charge on any atom is -0.459 e. The molecule has 32 heavy (non-hydrogen) atoms. The number of H-pyrrole nitrogens is 1.